The molecule has 0 saturated carbocycles. The van der Waals surface area contributed by atoms with Gasteiger partial charge in [-0.3, -0.25) is 9.78 Å². The quantitative estimate of drug-likeness (QED) is 0.831. The minimum Gasteiger partial charge on any atom is -0.352 e. The fourth-order valence-electron chi connectivity index (χ4n) is 1.75. The Morgan fingerprint density at radius 3 is 3.06 bits per heavy atom. The SMILES string of the molecule is O=C(CC1CSCCN1)NCc1ccncc1. The van der Waals surface area contributed by atoms with Crippen molar-refractivity contribution in [1.29, 1.82) is 0 Å². The zero-order chi connectivity index (χ0) is 11.9. The van der Waals surface area contributed by atoms with Gasteiger partial charge in [0.15, 0.2) is 0 Å². The summed E-state index contributed by atoms with van der Waals surface area (Å²) in [4.78, 5) is 15.6. The van der Waals surface area contributed by atoms with Gasteiger partial charge < -0.3 is 10.6 Å². The maximum absolute atomic E-state index is 11.7. The van der Waals surface area contributed by atoms with Gasteiger partial charge in [-0.05, 0) is 17.7 Å². The summed E-state index contributed by atoms with van der Waals surface area (Å²) in [5.74, 6) is 2.29. The molecule has 1 aliphatic heterocycles. The van der Waals surface area contributed by atoms with Crippen molar-refractivity contribution in [1.82, 2.24) is 15.6 Å². The largest absolute Gasteiger partial charge is 0.352 e. The van der Waals surface area contributed by atoms with Crippen molar-refractivity contribution in [3.63, 3.8) is 0 Å². The van der Waals surface area contributed by atoms with Gasteiger partial charge in [-0.1, -0.05) is 0 Å². The first kappa shape index (κ1) is 12.4. The number of carbonyl (C=O) groups excluding carboxylic acids is 1. The Morgan fingerprint density at radius 1 is 1.53 bits per heavy atom. The van der Waals surface area contributed by atoms with Crippen LogP contribution in [-0.4, -0.2) is 35.0 Å². The molecule has 1 aliphatic rings. The molecule has 17 heavy (non-hydrogen) atoms. The van der Waals surface area contributed by atoms with Crippen LogP contribution in [0.2, 0.25) is 0 Å². The average molecular weight is 251 g/mol. The number of nitrogens with one attached hydrogen (secondary N) is 2. The first-order chi connectivity index (χ1) is 8.34. The van der Waals surface area contributed by atoms with E-state index in [-0.39, 0.29) is 5.91 Å². The molecule has 0 aliphatic carbocycles. The van der Waals surface area contributed by atoms with Crippen LogP contribution in [0.3, 0.4) is 0 Å². The molecule has 1 aromatic heterocycles. The molecule has 4 nitrogen and oxygen atoms in total. The van der Waals surface area contributed by atoms with Crippen LogP contribution in [0.4, 0.5) is 0 Å². The zero-order valence-electron chi connectivity index (χ0n) is 9.69. The molecule has 2 N–H and O–H groups in total. The lowest BCUT2D eigenvalue weighted by molar-refractivity contribution is -0.121. The summed E-state index contributed by atoms with van der Waals surface area (Å²) in [5, 5.41) is 6.29. The summed E-state index contributed by atoms with van der Waals surface area (Å²) in [7, 11) is 0. The summed E-state index contributed by atoms with van der Waals surface area (Å²) in [6.07, 6.45) is 4.04. The second-order valence-electron chi connectivity index (χ2n) is 4.06. The highest BCUT2D eigenvalue weighted by Crippen LogP contribution is 2.10. The standard InChI is InChI=1S/C12H17N3OS/c16-12(7-11-9-17-6-5-14-11)15-8-10-1-3-13-4-2-10/h1-4,11,14H,5-9H2,(H,15,16). The monoisotopic (exact) mass is 251 g/mol. The number of hydrogen-bond donors (Lipinski definition) is 2. The molecule has 1 unspecified atom stereocenters. The van der Waals surface area contributed by atoms with E-state index >= 15 is 0 Å². The lowest BCUT2D eigenvalue weighted by Gasteiger charge is -2.22. The number of rotatable bonds is 4. The Morgan fingerprint density at radius 2 is 2.35 bits per heavy atom. The van der Waals surface area contributed by atoms with E-state index in [9.17, 15) is 4.79 Å². The van der Waals surface area contributed by atoms with E-state index < -0.39 is 0 Å². The minimum absolute atomic E-state index is 0.113. The molecule has 0 spiro atoms. The Labute approximate surface area is 106 Å². The van der Waals surface area contributed by atoms with Gasteiger partial charge in [0, 0.05) is 49.5 Å². The molecule has 2 rings (SSSR count). The van der Waals surface area contributed by atoms with Gasteiger partial charge in [-0.15, -0.1) is 0 Å². The second kappa shape index (κ2) is 6.61. The summed E-state index contributed by atoms with van der Waals surface area (Å²) in [5.41, 5.74) is 1.08. The van der Waals surface area contributed by atoms with Crippen molar-refractivity contribution in [2.75, 3.05) is 18.1 Å². The smallest absolute Gasteiger partial charge is 0.221 e. The van der Waals surface area contributed by atoms with Crippen molar-refractivity contribution in [2.24, 2.45) is 0 Å². The first-order valence-electron chi connectivity index (χ1n) is 5.81. The predicted octanol–water partition coefficient (Wildman–Crippen LogP) is 0.793. The van der Waals surface area contributed by atoms with Crippen molar-refractivity contribution < 1.29 is 4.79 Å². The number of carbonyl (C=O) groups is 1. The van der Waals surface area contributed by atoms with Crippen molar-refractivity contribution in [3.05, 3.63) is 30.1 Å². The number of thioether (sulfide) groups is 1. The predicted molar refractivity (Wildman–Crippen MR) is 69.8 cm³/mol. The maximum atomic E-state index is 11.7. The van der Waals surface area contributed by atoms with Gasteiger partial charge in [0.25, 0.3) is 0 Å². The molecule has 0 aromatic carbocycles. The average Bonchev–Trinajstić information content (AvgIpc) is 2.39. The maximum Gasteiger partial charge on any atom is 0.221 e. The van der Waals surface area contributed by atoms with Crippen LogP contribution >= 0.6 is 11.8 Å². The Bertz CT molecular complexity index is 352. The zero-order valence-corrected chi connectivity index (χ0v) is 10.5. The molecule has 1 aromatic rings. The van der Waals surface area contributed by atoms with E-state index in [1.807, 2.05) is 23.9 Å². The number of pyridine rings is 1. The number of hydrogen-bond acceptors (Lipinski definition) is 4. The second-order valence-corrected chi connectivity index (χ2v) is 5.21. The van der Waals surface area contributed by atoms with Crippen molar-refractivity contribution >= 4 is 17.7 Å². The Hall–Kier alpha value is -1.07. The molecule has 92 valence electrons. The summed E-state index contributed by atoms with van der Waals surface area (Å²) in [6.45, 7) is 1.59. The molecule has 1 fully saturated rings. The summed E-state index contributed by atoms with van der Waals surface area (Å²) >= 11 is 1.91. The molecular weight excluding hydrogens is 234 g/mol. The van der Waals surface area contributed by atoms with Crippen LogP contribution in [-0.2, 0) is 11.3 Å². The molecular formula is C12H17N3OS. The van der Waals surface area contributed by atoms with Gasteiger partial charge in [0.1, 0.15) is 0 Å². The third-order valence-corrected chi connectivity index (χ3v) is 3.80. The van der Waals surface area contributed by atoms with Crippen molar-refractivity contribution in [3.8, 4) is 0 Å². The molecule has 2 heterocycles. The van der Waals surface area contributed by atoms with Crippen LogP contribution in [0.15, 0.2) is 24.5 Å². The van der Waals surface area contributed by atoms with Gasteiger partial charge in [-0.2, -0.15) is 11.8 Å². The molecule has 1 atom stereocenters. The molecule has 1 amide bonds. The van der Waals surface area contributed by atoms with Gasteiger partial charge in [-0.25, -0.2) is 0 Å². The van der Waals surface area contributed by atoms with E-state index in [0.29, 0.717) is 19.0 Å². The lowest BCUT2D eigenvalue weighted by Crippen LogP contribution is -2.41. The normalized spacial score (nSPS) is 19.9. The van der Waals surface area contributed by atoms with E-state index in [2.05, 4.69) is 15.6 Å². The molecule has 5 heteroatoms. The van der Waals surface area contributed by atoms with E-state index in [1.54, 1.807) is 12.4 Å². The van der Waals surface area contributed by atoms with Crippen LogP contribution in [0.5, 0.6) is 0 Å². The number of nitrogens with zero attached hydrogens (tertiary/aromatic N) is 1. The van der Waals surface area contributed by atoms with Gasteiger partial charge in [0.05, 0.1) is 0 Å². The van der Waals surface area contributed by atoms with Crippen LogP contribution in [0.1, 0.15) is 12.0 Å². The van der Waals surface area contributed by atoms with E-state index in [4.69, 9.17) is 0 Å². The van der Waals surface area contributed by atoms with Gasteiger partial charge >= 0.3 is 0 Å². The van der Waals surface area contributed by atoms with E-state index in [1.165, 1.54) is 0 Å². The molecule has 0 bridgehead atoms. The number of amides is 1. The molecule has 1 saturated heterocycles. The van der Waals surface area contributed by atoms with Gasteiger partial charge in [0.2, 0.25) is 5.91 Å². The topological polar surface area (TPSA) is 54.0 Å². The highest BCUT2D eigenvalue weighted by atomic mass is 32.2. The lowest BCUT2D eigenvalue weighted by atomic mass is 10.2. The highest BCUT2D eigenvalue weighted by Gasteiger charge is 2.16. The highest BCUT2D eigenvalue weighted by molar-refractivity contribution is 7.99. The fraction of sp³-hybridized carbons (Fsp3) is 0.500. The Kier molecular flexibility index (Phi) is 4.82. The van der Waals surface area contributed by atoms with E-state index in [0.717, 1.165) is 23.6 Å². The third kappa shape index (κ3) is 4.36. The fourth-order valence-corrected chi connectivity index (χ4v) is 2.70. The Balaban J connectivity index is 1.70. The first-order valence-corrected chi connectivity index (χ1v) is 6.97. The van der Waals surface area contributed by atoms with Crippen molar-refractivity contribution in [2.45, 2.75) is 19.0 Å². The van der Waals surface area contributed by atoms with Crippen LogP contribution < -0.4 is 10.6 Å². The summed E-state index contributed by atoms with van der Waals surface area (Å²) < 4.78 is 0. The minimum atomic E-state index is 0.113. The third-order valence-electron chi connectivity index (χ3n) is 2.67. The number of aromatic nitrogens is 1. The molecule has 0 radical (unpaired) electrons. The van der Waals surface area contributed by atoms with Crippen LogP contribution in [0, 0.1) is 0 Å². The van der Waals surface area contributed by atoms with Crippen LogP contribution in [0.25, 0.3) is 0 Å². The summed E-state index contributed by atoms with van der Waals surface area (Å²) in [6, 6.07) is 4.15.